The molecule has 11 heteroatoms. The quantitative estimate of drug-likeness (QED) is 0.669. The van der Waals surface area contributed by atoms with Gasteiger partial charge in [-0.25, -0.2) is 4.99 Å². The van der Waals surface area contributed by atoms with Crippen molar-refractivity contribution in [3.8, 4) is 5.75 Å². The fraction of sp³-hybridized carbons (Fsp3) is 0.250. The highest BCUT2D eigenvalue weighted by molar-refractivity contribution is 8.15. The Morgan fingerprint density at radius 2 is 1.94 bits per heavy atom. The first-order chi connectivity index (χ1) is 14.6. The molecule has 1 fully saturated rings. The number of carbonyl (C=O) groups excluding carboxylic acids is 2. The zero-order valence-electron chi connectivity index (χ0n) is 16.4. The first-order valence-corrected chi connectivity index (χ1v) is 10.2. The van der Waals surface area contributed by atoms with Gasteiger partial charge in [0.2, 0.25) is 11.8 Å². The monoisotopic (exact) mass is 471 g/mol. The maximum atomic E-state index is 13.0. The number of hydrogen-bond acceptors (Lipinski definition) is 5. The third-order valence-corrected chi connectivity index (χ3v) is 5.92. The van der Waals surface area contributed by atoms with Crippen LogP contribution in [0.5, 0.6) is 5.75 Å². The first kappa shape index (κ1) is 23.0. The first-order valence-electron chi connectivity index (χ1n) is 8.92. The summed E-state index contributed by atoms with van der Waals surface area (Å²) in [6.07, 6.45) is -4.87. The van der Waals surface area contributed by atoms with Crippen LogP contribution >= 0.6 is 23.4 Å². The zero-order chi connectivity index (χ0) is 22.8. The van der Waals surface area contributed by atoms with Gasteiger partial charge in [-0.1, -0.05) is 23.4 Å². The molecule has 3 rings (SSSR count). The van der Waals surface area contributed by atoms with Gasteiger partial charge >= 0.3 is 6.18 Å². The van der Waals surface area contributed by atoms with E-state index in [0.717, 1.165) is 23.9 Å². The molecular formula is C20H17ClF3N3O3S. The Balaban J connectivity index is 1.68. The maximum Gasteiger partial charge on any atom is 0.417 e. The molecule has 1 aliphatic heterocycles. The van der Waals surface area contributed by atoms with Crippen molar-refractivity contribution in [1.82, 2.24) is 4.90 Å². The Labute approximate surface area is 185 Å². The van der Waals surface area contributed by atoms with Crippen molar-refractivity contribution in [1.29, 1.82) is 0 Å². The number of benzene rings is 2. The molecule has 2 amide bonds. The lowest BCUT2D eigenvalue weighted by Gasteiger charge is -2.12. The van der Waals surface area contributed by atoms with E-state index in [0.29, 0.717) is 16.6 Å². The van der Waals surface area contributed by atoms with E-state index >= 15 is 0 Å². The summed E-state index contributed by atoms with van der Waals surface area (Å²) in [6, 6.07) is 9.99. The molecular weight excluding hydrogens is 455 g/mol. The molecule has 0 aliphatic carbocycles. The summed E-state index contributed by atoms with van der Waals surface area (Å²) in [4.78, 5) is 30.6. The van der Waals surface area contributed by atoms with Gasteiger partial charge in [0.15, 0.2) is 5.17 Å². The second-order valence-electron chi connectivity index (χ2n) is 6.54. The summed E-state index contributed by atoms with van der Waals surface area (Å²) in [7, 11) is 3.09. The number of aliphatic imine (C=N–C) groups is 1. The number of alkyl halides is 3. The van der Waals surface area contributed by atoms with Crippen LogP contribution < -0.4 is 10.1 Å². The third kappa shape index (κ3) is 5.50. The number of ether oxygens (including phenoxy) is 1. The van der Waals surface area contributed by atoms with Gasteiger partial charge in [-0.05, 0) is 42.5 Å². The van der Waals surface area contributed by atoms with Crippen LogP contribution in [0.4, 0.5) is 24.5 Å². The van der Waals surface area contributed by atoms with E-state index in [-0.39, 0.29) is 18.0 Å². The molecule has 1 atom stereocenters. The van der Waals surface area contributed by atoms with Crippen molar-refractivity contribution >= 4 is 51.7 Å². The SMILES string of the molecule is COc1ccc(N=C2S[C@H](CC(=O)Nc3ccc(Cl)c(C(F)(F)F)c3)C(=O)N2C)cc1. The van der Waals surface area contributed by atoms with Crippen LogP contribution in [0.25, 0.3) is 0 Å². The van der Waals surface area contributed by atoms with Crippen molar-refractivity contribution < 1.29 is 27.5 Å². The molecule has 0 spiro atoms. The second kappa shape index (κ2) is 9.19. The number of carbonyl (C=O) groups is 2. The fourth-order valence-corrected chi connectivity index (χ4v) is 4.14. The molecule has 0 unspecified atom stereocenters. The van der Waals surface area contributed by atoms with Crippen molar-refractivity contribution in [2.75, 3.05) is 19.5 Å². The van der Waals surface area contributed by atoms with Gasteiger partial charge in [0.05, 0.1) is 23.4 Å². The van der Waals surface area contributed by atoms with Gasteiger partial charge in [-0.2, -0.15) is 13.2 Å². The number of thioether (sulfide) groups is 1. The number of amidine groups is 1. The van der Waals surface area contributed by atoms with Gasteiger partial charge in [-0.3, -0.25) is 14.5 Å². The van der Waals surface area contributed by atoms with Crippen molar-refractivity contribution in [3.05, 3.63) is 53.1 Å². The topological polar surface area (TPSA) is 71.0 Å². The molecule has 0 aromatic heterocycles. The minimum atomic E-state index is -4.65. The number of hydrogen-bond donors (Lipinski definition) is 1. The molecule has 1 heterocycles. The molecule has 0 bridgehead atoms. The van der Waals surface area contributed by atoms with Gasteiger partial charge < -0.3 is 10.1 Å². The molecule has 2 aromatic rings. The van der Waals surface area contributed by atoms with Crippen LogP contribution in [0.1, 0.15) is 12.0 Å². The number of amides is 2. The van der Waals surface area contributed by atoms with Crippen LogP contribution in [0.3, 0.4) is 0 Å². The number of nitrogens with zero attached hydrogens (tertiary/aromatic N) is 2. The molecule has 0 radical (unpaired) electrons. The van der Waals surface area contributed by atoms with Gasteiger partial charge in [-0.15, -0.1) is 0 Å². The second-order valence-corrected chi connectivity index (χ2v) is 8.12. The Morgan fingerprint density at radius 1 is 1.26 bits per heavy atom. The number of rotatable bonds is 5. The highest BCUT2D eigenvalue weighted by Crippen LogP contribution is 2.36. The van der Waals surface area contributed by atoms with Crippen molar-refractivity contribution in [3.63, 3.8) is 0 Å². The van der Waals surface area contributed by atoms with E-state index in [1.165, 1.54) is 11.0 Å². The molecule has 31 heavy (non-hydrogen) atoms. The molecule has 1 saturated heterocycles. The summed E-state index contributed by atoms with van der Waals surface area (Å²) in [5.41, 5.74) is -0.501. The average Bonchev–Trinajstić information content (AvgIpc) is 2.97. The van der Waals surface area contributed by atoms with Crippen molar-refractivity contribution in [2.24, 2.45) is 4.99 Å². The summed E-state index contributed by atoms with van der Waals surface area (Å²) >= 11 is 6.70. The van der Waals surface area contributed by atoms with E-state index in [2.05, 4.69) is 10.3 Å². The normalized spacial score (nSPS) is 17.9. The van der Waals surface area contributed by atoms with E-state index in [1.54, 1.807) is 38.4 Å². The number of nitrogens with one attached hydrogen (secondary N) is 1. The molecule has 164 valence electrons. The Bertz CT molecular complexity index is 1030. The van der Waals surface area contributed by atoms with Crippen LogP contribution in [0.2, 0.25) is 5.02 Å². The largest absolute Gasteiger partial charge is 0.497 e. The standard InChI is InChI=1S/C20H17ClF3N3O3S/c1-27-18(29)16(31-19(27)26-11-3-6-13(30-2)7-4-11)10-17(28)25-12-5-8-15(21)14(9-12)20(22,23)24/h3-9,16H,10H2,1-2H3,(H,25,28)/t16-/m1/s1. The summed E-state index contributed by atoms with van der Waals surface area (Å²) in [5, 5.41) is 1.60. The Morgan fingerprint density at radius 3 is 2.55 bits per heavy atom. The Hall–Kier alpha value is -2.72. The molecule has 6 nitrogen and oxygen atoms in total. The minimum Gasteiger partial charge on any atom is -0.497 e. The molecule has 2 aromatic carbocycles. The molecule has 1 aliphatic rings. The number of anilines is 1. The lowest BCUT2D eigenvalue weighted by Crippen LogP contribution is -2.30. The van der Waals surface area contributed by atoms with E-state index in [1.807, 2.05) is 0 Å². The molecule has 0 saturated carbocycles. The third-order valence-electron chi connectivity index (χ3n) is 4.36. The lowest BCUT2D eigenvalue weighted by atomic mass is 10.2. The van der Waals surface area contributed by atoms with Gasteiger partial charge in [0.1, 0.15) is 11.0 Å². The van der Waals surface area contributed by atoms with Crippen LogP contribution in [0.15, 0.2) is 47.5 Å². The number of methoxy groups -OCH3 is 1. The van der Waals surface area contributed by atoms with E-state index in [4.69, 9.17) is 16.3 Å². The lowest BCUT2D eigenvalue weighted by molar-refractivity contribution is -0.137. The van der Waals surface area contributed by atoms with Crippen LogP contribution in [0, 0.1) is 0 Å². The highest BCUT2D eigenvalue weighted by Gasteiger charge is 2.37. The maximum absolute atomic E-state index is 13.0. The minimum absolute atomic E-state index is 0.0577. The predicted octanol–water partition coefficient (Wildman–Crippen LogP) is 4.96. The van der Waals surface area contributed by atoms with Crippen LogP contribution in [-0.4, -0.2) is 41.3 Å². The smallest absolute Gasteiger partial charge is 0.417 e. The van der Waals surface area contributed by atoms with E-state index in [9.17, 15) is 22.8 Å². The Kier molecular flexibility index (Phi) is 6.80. The average molecular weight is 472 g/mol. The fourth-order valence-electron chi connectivity index (χ4n) is 2.77. The summed E-state index contributed by atoms with van der Waals surface area (Å²) < 4.78 is 44.0. The zero-order valence-corrected chi connectivity index (χ0v) is 17.9. The van der Waals surface area contributed by atoms with Crippen LogP contribution in [-0.2, 0) is 15.8 Å². The summed E-state index contributed by atoms with van der Waals surface area (Å²) in [5.74, 6) is -0.252. The van der Waals surface area contributed by atoms with Gasteiger partial charge in [0.25, 0.3) is 0 Å². The predicted molar refractivity (Wildman–Crippen MR) is 114 cm³/mol. The van der Waals surface area contributed by atoms with Gasteiger partial charge in [0, 0.05) is 19.2 Å². The molecule has 1 N–H and O–H groups in total. The van der Waals surface area contributed by atoms with E-state index < -0.39 is 27.9 Å². The number of halogens is 4. The highest BCUT2D eigenvalue weighted by atomic mass is 35.5. The summed E-state index contributed by atoms with van der Waals surface area (Å²) in [6.45, 7) is 0. The van der Waals surface area contributed by atoms with Crippen molar-refractivity contribution in [2.45, 2.75) is 17.8 Å².